The molecule has 2 aliphatic heterocycles. The minimum atomic E-state index is -0.238. The SMILES string of the molecule is CC.Cc1cc(C)c(CN2CCc3c(Cl)cc(C(CO)C4CCOC4)c(Cl)c3C2=O)c(OCc2ccccc2)n1. The van der Waals surface area contributed by atoms with E-state index in [0.717, 1.165) is 34.4 Å². The molecule has 2 aromatic carbocycles. The van der Waals surface area contributed by atoms with Crippen LogP contribution in [0.1, 0.15) is 70.1 Å². The molecule has 2 atom stereocenters. The third-order valence-electron chi connectivity index (χ3n) is 7.61. The van der Waals surface area contributed by atoms with Gasteiger partial charge >= 0.3 is 0 Å². The van der Waals surface area contributed by atoms with Crippen molar-refractivity contribution in [1.29, 1.82) is 0 Å². The van der Waals surface area contributed by atoms with E-state index in [1.165, 1.54) is 0 Å². The molecule has 214 valence electrons. The van der Waals surface area contributed by atoms with E-state index < -0.39 is 0 Å². The quantitative estimate of drug-likeness (QED) is 0.311. The van der Waals surface area contributed by atoms with Crippen molar-refractivity contribution in [2.45, 2.75) is 59.6 Å². The summed E-state index contributed by atoms with van der Waals surface area (Å²) in [4.78, 5) is 20.3. The minimum Gasteiger partial charge on any atom is -0.473 e. The van der Waals surface area contributed by atoms with Crippen molar-refractivity contribution in [2.24, 2.45) is 5.92 Å². The van der Waals surface area contributed by atoms with Crippen LogP contribution in [0.2, 0.25) is 10.0 Å². The summed E-state index contributed by atoms with van der Waals surface area (Å²) in [6, 6.07) is 13.8. The van der Waals surface area contributed by atoms with Crippen LogP contribution in [0.4, 0.5) is 0 Å². The van der Waals surface area contributed by atoms with E-state index in [1.54, 1.807) is 4.90 Å². The second kappa shape index (κ2) is 13.8. The second-order valence-electron chi connectivity index (χ2n) is 10.1. The van der Waals surface area contributed by atoms with Crippen molar-refractivity contribution in [3.05, 3.63) is 91.6 Å². The molecule has 1 saturated heterocycles. The molecule has 1 fully saturated rings. The first-order chi connectivity index (χ1) is 19.4. The molecule has 1 aromatic heterocycles. The van der Waals surface area contributed by atoms with Crippen LogP contribution >= 0.6 is 23.2 Å². The molecular weight excluding hydrogens is 547 g/mol. The first-order valence-electron chi connectivity index (χ1n) is 14.0. The fourth-order valence-corrected chi connectivity index (χ4v) is 6.20. The van der Waals surface area contributed by atoms with Crippen molar-refractivity contribution in [1.82, 2.24) is 9.88 Å². The number of aliphatic hydroxyl groups is 1. The Bertz CT molecular complexity index is 1330. The fraction of sp³-hybridized carbons (Fsp3) is 0.438. The highest BCUT2D eigenvalue weighted by Crippen LogP contribution is 2.42. The van der Waals surface area contributed by atoms with Gasteiger partial charge in [-0.05, 0) is 67.0 Å². The average Bonchev–Trinajstić information content (AvgIpc) is 3.49. The number of aliphatic hydroxyl groups excluding tert-OH is 1. The number of ether oxygens (including phenoxy) is 2. The van der Waals surface area contributed by atoms with Crippen LogP contribution in [0.15, 0.2) is 42.5 Å². The predicted octanol–water partition coefficient (Wildman–Crippen LogP) is 6.92. The van der Waals surface area contributed by atoms with Gasteiger partial charge in [-0.2, -0.15) is 0 Å². The Hall–Kier alpha value is -2.64. The molecule has 0 radical (unpaired) electrons. The van der Waals surface area contributed by atoms with Gasteiger partial charge < -0.3 is 19.5 Å². The van der Waals surface area contributed by atoms with Crippen LogP contribution in [0.5, 0.6) is 5.88 Å². The number of carbonyl (C=O) groups excluding carboxylic acids is 1. The van der Waals surface area contributed by atoms with Gasteiger partial charge in [0.15, 0.2) is 0 Å². The average molecular weight is 586 g/mol. The molecular formula is C32H38Cl2N2O4. The van der Waals surface area contributed by atoms with Crippen LogP contribution in [0.25, 0.3) is 0 Å². The lowest BCUT2D eigenvalue weighted by Crippen LogP contribution is -2.38. The Morgan fingerprint density at radius 1 is 1.18 bits per heavy atom. The Morgan fingerprint density at radius 2 is 1.93 bits per heavy atom. The summed E-state index contributed by atoms with van der Waals surface area (Å²) in [5, 5.41) is 11.1. The molecule has 8 heteroatoms. The van der Waals surface area contributed by atoms with Gasteiger partial charge in [0.25, 0.3) is 5.91 Å². The van der Waals surface area contributed by atoms with Gasteiger partial charge in [0.1, 0.15) is 6.61 Å². The zero-order chi connectivity index (χ0) is 28.8. The third kappa shape index (κ3) is 6.46. The standard InChI is InChI=1S/C30H32Cl2N2O4.C2H6/c1-18-12-19(2)33-29(38-16-20-6-4-3-5-7-20)24(18)14-34-10-8-22-26(31)13-23(28(32)27(22)30(34)36)25(15-35)21-9-11-37-17-21;1-2/h3-7,12-13,21,25,35H,8-11,14-17H2,1-2H3;1-2H3. The number of amides is 1. The highest BCUT2D eigenvalue weighted by Gasteiger charge is 2.35. The molecule has 3 heterocycles. The predicted molar refractivity (Wildman–Crippen MR) is 159 cm³/mol. The summed E-state index contributed by atoms with van der Waals surface area (Å²) < 4.78 is 11.7. The third-order valence-corrected chi connectivity index (χ3v) is 8.36. The zero-order valence-corrected chi connectivity index (χ0v) is 25.2. The molecule has 1 N–H and O–H groups in total. The molecule has 0 spiro atoms. The molecule has 3 aromatic rings. The number of carbonyl (C=O) groups is 1. The van der Waals surface area contributed by atoms with Gasteiger partial charge in [-0.15, -0.1) is 0 Å². The van der Waals surface area contributed by atoms with Crippen molar-refractivity contribution >= 4 is 29.1 Å². The minimum absolute atomic E-state index is 0.0862. The summed E-state index contributed by atoms with van der Waals surface area (Å²) in [5.41, 5.74) is 5.69. The van der Waals surface area contributed by atoms with Gasteiger partial charge in [-0.25, -0.2) is 4.98 Å². The van der Waals surface area contributed by atoms with Crippen LogP contribution < -0.4 is 4.74 Å². The normalized spacial score (nSPS) is 17.2. The number of hydrogen-bond donors (Lipinski definition) is 1. The summed E-state index contributed by atoms with van der Waals surface area (Å²) in [6.07, 6.45) is 1.43. The van der Waals surface area contributed by atoms with Gasteiger partial charge in [-0.3, -0.25) is 4.79 Å². The summed E-state index contributed by atoms with van der Waals surface area (Å²) in [6.45, 7) is 10.3. The van der Waals surface area contributed by atoms with E-state index in [1.807, 2.05) is 70.2 Å². The van der Waals surface area contributed by atoms with Crippen LogP contribution in [-0.4, -0.2) is 47.3 Å². The van der Waals surface area contributed by atoms with Gasteiger partial charge in [0.2, 0.25) is 5.88 Å². The lowest BCUT2D eigenvalue weighted by molar-refractivity contribution is 0.0724. The van der Waals surface area contributed by atoms with E-state index >= 15 is 0 Å². The number of aromatic nitrogens is 1. The smallest absolute Gasteiger partial charge is 0.256 e. The number of pyridine rings is 1. The largest absolute Gasteiger partial charge is 0.473 e. The molecule has 1 amide bonds. The molecule has 6 nitrogen and oxygen atoms in total. The van der Waals surface area contributed by atoms with Crippen LogP contribution in [0, 0.1) is 19.8 Å². The van der Waals surface area contributed by atoms with E-state index in [9.17, 15) is 9.90 Å². The van der Waals surface area contributed by atoms with Crippen LogP contribution in [0.3, 0.4) is 0 Å². The van der Waals surface area contributed by atoms with Gasteiger partial charge in [0.05, 0.1) is 30.3 Å². The summed E-state index contributed by atoms with van der Waals surface area (Å²) in [7, 11) is 0. The van der Waals surface area contributed by atoms with Crippen molar-refractivity contribution in [3.63, 3.8) is 0 Å². The maximum absolute atomic E-state index is 13.9. The number of benzene rings is 2. The number of fused-ring (bicyclic) bond motifs is 1. The van der Waals surface area contributed by atoms with E-state index in [-0.39, 0.29) is 24.3 Å². The number of rotatable bonds is 8. The van der Waals surface area contributed by atoms with E-state index in [0.29, 0.717) is 66.4 Å². The Kier molecular flexibility index (Phi) is 10.5. The first kappa shape index (κ1) is 30.3. The molecule has 0 aliphatic carbocycles. The number of aryl methyl sites for hydroxylation is 2. The summed E-state index contributed by atoms with van der Waals surface area (Å²) in [5.74, 6) is 0.252. The number of halogens is 2. The van der Waals surface area contributed by atoms with E-state index in [4.69, 9.17) is 32.7 Å². The van der Waals surface area contributed by atoms with E-state index in [2.05, 4.69) is 4.98 Å². The fourth-order valence-electron chi connectivity index (χ4n) is 5.51. The van der Waals surface area contributed by atoms with Crippen molar-refractivity contribution < 1.29 is 19.4 Å². The molecule has 0 bridgehead atoms. The molecule has 2 aliphatic rings. The lowest BCUT2D eigenvalue weighted by Gasteiger charge is -2.32. The lowest BCUT2D eigenvalue weighted by atomic mass is 9.83. The molecule has 2 unspecified atom stereocenters. The van der Waals surface area contributed by atoms with Crippen molar-refractivity contribution in [3.8, 4) is 5.88 Å². The second-order valence-corrected chi connectivity index (χ2v) is 10.9. The number of nitrogens with zero attached hydrogens (tertiary/aromatic N) is 2. The maximum atomic E-state index is 13.9. The molecule has 5 rings (SSSR count). The highest BCUT2D eigenvalue weighted by atomic mass is 35.5. The Labute approximate surface area is 247 Å². The van der Waals surface area contributed by atoms with Gasteiger partial charge in [-0.1, -0.05) is 67.4 Å². The maximum Gasteiger partial charge on any atom is 0.256 e. The Morgan fingerprint density at radius 3 is 2.60 bits per heavy atom. The number of hydrogen-bond acceptors (Lipinski definition) is 5. The van der Waals surface area contributed by atoms with Crippen LogP contribution in [-0.2, 0) is 24.3 Å². The molecule has 0 saturated carbocycles. The topological polar surface area (TPSA) is 71.9 Å². The Balaban J connectivity index is 0.00000181. The highest BCUT2D eigenvalue weighted by molar-refractivity contribution is 6.37. The monoisotopic (exact) mass is 584 g/mol. The summed E-state index contributed by atoms with van der Waals surface area (Å²) >= 11 is 13.6. The first-order valence-corrected chi connectivity index (χ1v) is 14.8. The van der Waals surface area contributed by atoms with Gasteiger partial charge in [0, 0.05) is 35.3 Å². The van der Waals surface area contributed by atoms with Crippen molar-refractivity contribution in [2.75, 3.05) is 26.4 Å². The zero-order valence-electron chi connectivity index (χ0n) is 23.7. The molecule has 40 heavy (non-hydrogen) atoms.